The van der Waals surface area contributed by atoms with Gasteiger partial charge in [0.2, 0.25) is 0 Å². The summed E-state index contributed by atoms with van der Waals surface area (Å²) in [6, 6.07) is 9.63. The molecule has 0 saturated heterocycles. The van der Waals surface area contributed by atoms with Crippen molar-refractivity contribution in [3.63, 3.8) is 0 Å². The molecule has 1 atom stereocenters. The average molecular weight is 429 g/mol. The van der Waals surface area contributed by atoms with Crippen molar-refractivity contribution in [3.8, 4) is 5.75 Å². The first-order chi connectivity index (χ1) is 14.4. The van der Waals surface area contributed by atoms with Crippen LogP contribution in [0.2, 0.25) is 0 Å². The number of methoxy groups -OCH3 is 1. The Morgan fingerprint density at radius 1 is 1.17 bits per heavy atom. The Bertz CT molecular complexity index is 1010. The van der Waals surface area contributed by atoms with Crippen molar-refractivity contribution in [1.29, 1.82) is 0 Å². The van der Waals surface area contributed by atoms with E-state index in [4.69, 9.17) is 17.0 Å². The summed E-state index contributed by atoms with van der Waals surface area (Å²) >= 11 is 5.47. The second-order valence-electron chi connectivity index (χ2n) is 7.30. The monoisotopic (exact) mass is 429 g/mol. The van der Waals surface area contributed by atoms with Crippen molar-refractivity contribution < 1.29 is 18.3 Å². The van der Waals surface area contributed by atoms with Gasteiger partial charge in [0.15, 0.2) is 5.11 Å². The fourth-order valence-corrected chi connectivity index (χ4v) is 4.10. The molecule has 1 aliphatic heterocycles. The first kappa shape index (κ1) is 20.3. The molecule has 1 fully saturated rings. The summed E-state index contributed by atoms with van der Waals surface area (Å²) in [6.07, 6.45) is 1.90. The molecule has 0 radical (unpaired) electrons. The number of nitrogens with one attached hydrogen (secondary N) is 2. The molecule has 2 N–H and O–H groups in total. The van der Waals surface area contributed by atoms with E-state index in [1.807, 2.05) is 4.90 Å². The number of allylic oxidation sites excluding steroid dienone is 1. The molecule has 0 spiro atoms. The van der Waals surface area contributed by atoms with Gasteiger partial charge in [0.1, 0.15) is 17.4 Å². The second-order valence-corrected chi connectivity index (χ2v) is 7.69. The van der Waals surface area contributed by atoms with Gasteiger partial charge in [0.05, 0.1) is 24.3 Å². The summed E-state index contributed by atoms with van der Waals surface area (Å²) in [5.74, 6) is -1.28. The summed E-state index contributed by atoms with van der Waals surface area (Å²) < 4.78 is 34.3. The third kappa shape index (κ3) is 3.75. The SMILES string of the molecule is COc1ccc(NC(=O)C2=C(C)N(C3CC3)C(=S)NC2c2c(F)cccc2F)cc1. The third-order valence-electron chi connectivity index (χ3n) is 5.32. The highest BCUT2D eigenvalue weighted by atomic mass is 32.1. The summed E-state index contributed by atoms with van der Waals surface area (Å²) in [4.78, 5) is 15.1. The number of thiocarbonyl (C=S) groups is 1. The Morgan fingerprint density at radius 3 is 2.37 bits per heavy atom. The van der Waals surface area contributed by atoms with Gasteiger partial charge in [-0.25, -0.2) is 8.78 Å². The average Bonchev–Trinajstić information content (AvgIpc) is 3.53. The lowest BCUT2D eigenvalue weighted by atomic mass is 9.93. The number of rotatable bonds is 5. The lowest BCUT2D eigenvalue weighted by Crippen LogP contribution is -2.49. The molecule has 0 aromatic heterocycles. The molecule has 1 heterocycles. The molecule has 5 nitrogen and oxygen atoms in total. The topological polar surface area (TPSA) is 53.6 Å². The minimum absolute atomic E-state index is 0.195. The molecule has 1 unspecified atom stereocenters. The largest absolute Gasteiger partial charge is 0.497 e. The van der Waals surface area contributed by atoms with E-state index in [0.717, 1.165) is 12.8 Å². The standard InChI is InChI=1S/C22H21F2N3O2S/c1-12-18(21(28)25-13-6-10-15(29-2)11-7-13)20(19-16(23)4-3-5-17(19)24)26-22(30)27(12)14-8-9-14/h3-7,10-11,14,20H,8-9H2,1-2H3,(H,25,28)(H,26,30). The van der Waals surface area contributed by atoms with Gasteiger partial charge in [-0.1, -0.05) is 6.07 Å². The molecule has 1 aliphatic carbocycles. The van der Waals surface area contributed by atoms with E-state index < -0.39 is 23.6 Å². The van der Waals surface area contributed by atoms with E-state index in [0.29, 0.717) is 22.2 Å². The maximum Gasteiger partial charge on any atom is 0.255 e. The van der Waals surface area contributed by atoms with Crippen LogP contribution in [0.15, 0.2) is 53.7 Å². The maximum atomic E-state index is 14.6. The highest BCUT2D eigenvalue weighted by Gasteiger charge is 2.41. The molecule has 156 valence electrons. The van der Waals surface area contributed by atoms with Crippen LogP contribution < -0.4 is 15.4 Å². The van der Waals surface area contributed by atoms with Crippen molar-refractivity contribution in [1.82, 2.24) is 10.2 Å². The van der Waals surface area contributed by atoms with Crippen LogP contribution in [0.25, 0.3) is 0 Å². The molecule has 4 rings (SSSR count). The highest BCUT2D eigenvalue weighted by Crippen LogP contribution is 2.39. The van der Waals surface area contributed by atoms with E-state index in [9.17, 15) is 13.6 Å². The number of carbonyl (C=O) groups excluding carboxylic acids is 1. The zero-order chi connectivity index (χ0) is 21.4. The van der Waals surface area contributed by atoms with Gasteiger partial charge >= 0.3 is 0 Å². The van der Waals surface area contributed by atoms with Crippen LogP contribution in [0, 0.1) is 11.6 Å². The number of carbonyl (C=O) groups is 1. The van der Waals surface area contributed by atoms with Gasteiger partial charge in [-0.3, -0.25) is 4.79 Å². The van der Waals surface area contributed by atoms with Gasteiger partial charge in [-0.15, -0.1) is 0 Å². The Hall–Kier alpha value is -3.00. The van der Waals surface area contributed by atoms with Crippen LogP contribution in [-0.4, -0.2) is 29.1 Å². The Morgan fingerprint density at radius 2 is 1.80 bits per heavy atom. The lowest BCUT2D eigenvalue weighted by molar-refractivity contribution is -0.113. The Balaban J connectivity index is 1.75. The number of amides is 1. The first-order valence-corrected chi connectivity index (χ1v) is 10.0. The van der Waals surface area contributed by atoms with Crippen LogP contribution in [0.1, 0.15) is 31.4 Å². The number of hydrogen-bond donors (Lipinski definition) is 2. The highest BCUT2D eigenvalue weighted by molar-refractivity contribution is 7.80. The zero-order valence-electron chi connectivity index (χ0n) is 16.5. The normalized spacial score (nSPS) is 18.9. The molecule has 1 saturated carbocycles. The molecule has 2 aromatic carbocycles. The number of benzene rings is 2. The molecule has 30 heavy (non-hydrogen) atoms. The number of nitrogens with zero attached hydrogens (tertiary/aromatic N) is 1. The van der Waals surface area contributed by atoms with E-state index in [2.05, 4.69) is 10.6 Å². The smallest absolute Gasteiger partial charge is 0.255 e. The third-order valence-corrected chi connectivity index (χ3v) is 5.63. The lowest BCUT2D eigenvalue weighted by Gasteiger charge is -2.38. The van der Waals surface area contributed by atoms with E-state index in [-0.39, 0.29) is 17.2 Å². The molecular formula is C22H21F2N3O2S. The van der Waals surface area contributed by atoms with Crippen molar-refractivity contribution in [2.75, 3.05) is 12.4 Å². The number of hydrogen-bond acceptors (Lipinski definition) is 3. The Labute approximate surface area is 178 Å². The summed E-state index contributed by atoms with van der Waals surface area (Å²) in [5, 5.41) is 6.17. The van der Waals surface area contributed by atoms with E-state index in [1.165, 1.54) is 18.2 Å². The van der Waals surface area contributed by atoms with Crippen LogP contribution in [0.4, 0.5) is 14.5 Å². The molecular weight excluding hydrogens is 408 g/mol. The van der Waals surface area contributed by atoms with Crippen LogP contribution >= 0.6 is 12.2 Å². The van der Waals surface area contributed by atoms with Gasteiger partial charge in [-0.05, 0) is 68.4 Å². The minimum Gasteiger partial charge on any atom is -0.497 e. The van der Waals surface area contributed by atoms with Crippen LogP contribution in [-0.2, 0) is 4.79 Å². The zero-order valence-corrected chi connectivity index (χ0v) is 17.4. The predicted molar refractivity (Wildman–Crippen MR) is 114 cm³/mol. The summed E-state index contributed by atoms with van der Waals surface area (Å²) in [7, 11) is 1.55. The molecule has 8 heteroatoms. The van der Waals surface area contributed by atoms with Crippen molar-refractivity contribution >= 4 is 28.9 Å². The fraction of sp³-hybridized carbons (Fsp3) is 0.273. The van der Waals surface area contributed by atoms with Crippen molar-refractivity contribution in [2.45, 2.75) is 31.8 Å². The molecule has 1 amide bonds. The van der Waals surface area contributed by atoms with Gasteiger partial charge in [-0.2, -0.15) is 0 Å². The number of anilines is 1. The van der Waals surface area contributed by atoms with Gasteiger partial charge in [0.25, 0.3) is 5.91 Å². The molecule has 2 aromatic rings. The second kappa shape index (κ2) is 8.02. The minimum atomic E-state index is -1.04. The maximum absolute atomic E-state index is 14.6. The molecule has 2 aliphatic rings. The van der Waals surface area contributed by atoms with E-state index in [1.54, 1.807) is 38.3 Å². The number of ether oxygens (including phenoxy) is 1. The van der Waals surface area contributed by atoms with Gasteiger partial charge in [0, 0.05) is 17.4 Å². The first-order valence-electron chi connectivity index (χ1n) is 9.60. The van der Waals surface area contributed by atoms with Crippen molar-refractivity contribution in [2.24, 2.45) is 0 Å². The summed E-state index contributed by atoms with van der Waals surface area (Å²) in [5.41, 5.74) is 1.14. The van der Waals surface area contributed by atoms with Crippen LogP contribution in [0.5, 0.6) is 5.75 Å². The van der Waals surface area contributed by atoms with E-state index >= 15 is 0 Å². The predicted octanol–water partition coefficient (Wildman–Crippen LogP) is 4.28. The van der Waals surface area contributed by atoms with Crippen molar-refractivity contribution in [3.05, 3.63) is 70.9 Å². The number of halogens is 2. The quantitative estimate of drug-likeness (QED) is 0.695. The summed E-state index contributed by atoms with van der Waals surface area (Å²) in [6.45, 7) is 1.76. The Kier molecular flexibility index (Phi) is 5.42. The van der Waals surface area contributed by atoms with Crippen LogP contribution in [0.3, 0.4) is 0 Å². The van der Waals surface area contributed by atoms with Gasteiger partial charge < -0.3 is 20.3 Å². The molecule has 0 bridgehead atoms. The fourth-order valence-electron chi connectivity index (χ4n) is 3.70.